The molecule has 2 aliphatic heterocycles. The van der Waals surface area contributed by atoms with Crippen molar-refractivity contribution in [3.63, 3.8) is 0 Å². The number of aliphatic carboxylic acids is 1. The van der Waals surface area contributed by atoms with Crippen LogP contribution in [0, 0.1) is 0 Å². The van der Waals surface area contributed by atoms with E-state index in [-0.39, 0.29) is 30.5 Å². The molecule has 0 saturated carbocycles. The zero-order valence-corrected chi connectivity index (χ0v) is 14.8. The maximum atomic E-state index is 12.7. The molecule has 3 heterocycles. The molecule has 9 nitrogen and oxygen atoms in total. The first-order chi connectivity index (χ1) is 12.8. The molecule has 1 unspecified atom stereocenters. The van der Waals surface area contributed by atoms with Gasteiger partial charge in [0.2, 0.25) is 11.8 Å². The van der Waals surface area contributed by atoms with Gasteiger partial charge in [0.1, 0.15) is 6.04 Å². The molecule has 142 valence electrons. The number of rotatable bonds is 4. The van der Waals surface area contributed by atoms with Gasteiger partial charge < -0.3 is 5.11 Å². The van der Waals surface area contributed by atoms with Crippen LogP contribution in [0.4, 0.5) is 0 Å². The lowest BCUT2D eigenvalue weighted by Crippen LogP contribution is -2.47. The van der Waals surface area contributed by atoms with Crippen molar-refractivity contribution in [2.45, 2.75) is 24.8 Å². The number of imide groups is 1. The van der Waals surface area contributed by atoms with Gasteiger partial charge in [0.05, 0.1) is 17.6 Å². The minimum atomic E-state index is -0.840. The Morgan fingerprint density at radius 1 is 1.22 bits per heavy atom. The monoisotopic (exact) mass is 372 g/mol. The topological polar surface area (TPSA) is 114 Å². The summed E-state index contributed by atoms with van der Waals surface area (Å²) >= 11 is 0. The molecule has 0 spiro atoms. The Balaban J connectivity index is 1.65. The summed E-state index contributed by atoms with van der Waals surface area (Å²) in [5.41, 5.74) is 2.12. The number of hydrogen-bond donors (Lipinski definition) is 2. The van der Waals surface area contributed by atoms with Crippen molar-refractivity contribution < 1.29 is 19.5 Å². The number of carbonyl (C=O) groups excluding carboxylic acids is 2. The standard InChI is InChI=1S/C18H20N4O5/c1-20-14-6-10(11-7-21(8-11)9-16(24)25)2-3-12(14)22(18(20)27)13-4-5-15(23)19-17(13)26/h2-3,6,11,13H,4-5,7-9H2,1H3,(H,24,25)(H,19,23,26). The second kappa shape index (κ2) is 6.34. The Bertz CT molecular complexity index is 1010. The van der Waals surface area contributed by atoms with E-state index in [4.69, 9.17) is 5.11 Å². The van der Waals surface area contributed by atoms with Crippen molar-refractivity contribution in [2.24, 2.45) is 7.05 Å². The van der Waals surface area contributed by atoms with Gasteiger partial charge in [0.15, 0.2) is 0 Å². The molecule has 2 saturated heterocycles. The van der Waals surface area contributed by atoms with E-state index in [1.807, 2.05) is 23.1 Å². The molecule has 2 amide bonds. The molecule has 2 aliphatic rings. The number of imidazole rings is 1. The van der Waals surface area contributed by atoms with Crippen molar-refractivity contribution in [1.82, 2.24) is 19.4 Å². The fraction of sp³-hybridized carbons (Fsp3) is 0.444. The van der Waals surface area contributed by atoms with Crippen LogP contribution in [0.3, 0.4) is 0 Å². The highest BCUT2D eigenvalue weighted by atomic mass is 16.4. The molecule has 2 fully saturated rings. The average molecular weight is 372 g/mol. The van der Waals surface area contributed by atoms with Gasteiger partial charge in [0, 0.05) is 32.5 Å². The summed E-state index contributed by atoms with van der Waals surface area (Å²) in [5, 5.41) is 11.1. The number of carboxylic acids is 1. The van der Waals surface area contributed by atoms with E-state index in [1.54, 1.807) is 7.05 Å². The molecule has 0 bridgehead atoms. The molecule has 2 aromatic rings. The second-order valence-corrected chi connectivity index (χ2v) is 7.21. The van der Waals surface area contributed by atoms with Gasteiger partial charge in [-0.1, -0.05) is 6.07 Å². The number of nitrogens with zero attached hydrogens (tertiary/aromatic N) is 3. The quantitative estimate of drug-likeness (QED) is 0.719. The Labute approximate surface area is 154 Å². The first kappa shape index (κ1) is 17.5. The highest BCUT2D eigenvalue weighted by Gasteiger charge is 2.33. The lowest BCUT2D eigenvalue weighted by atomic mass is 9.91. The van der Waals surface area contributed by atoms with Crippen LogP contribution >= 0.6 is 0 Å². The van der Waals surface area contributed by atoms with E-state index >= 15 is 0 Å². The molecule has 1 atom stereocenters. The summed E-state index contributed by atoms with van der Waals surface area (Å²) in [5.74, 6) is -1.38. The minimum Gasteiger partial charge on any atom is -0.480 e. The van der Waals surface area contributed by atoms with Gasteiger partial charge in [-0.15, -0.1) is 0 Å². The third-order valence-corrected chi connectivity index (χ3v) is 5.42. The van der Waals surface area contributed by atoms with Gasteiger partial charge in [0.25, 0.3) is 0 Å². The molecule has 1 aromatic carbocycles. The number of amides is 2. The maximum Gasteiger partial charge on any atom is 0.329 e. The number of hydrogen-bond acceptors (Lipinski definition) is 5. The van der Waals surface area contributed by atoms with Crippen LogP contribution in [-0.2, 0) is 21.4 Å². The zero-order valence-electron chi connectivity index (χ0n) is 14.8. The molecular formula is C18H20N4O5. The third-order valence-electron chi connectivity index (χ3n) is 5.42. The molecule has 1 aromatic heterocycles. The van der Waals surface area contributed by atoms with Crippen LogP contribution < -0.4 is 11.0 Å². The fourth-order valence-electron chi connectivity index (χ4n) is 3.97. The Kier molecular flexibility index (Phi) is 4.11. The molecule has 4 rings (SSSR count). The van der Waals surface area contributed by atoms with Gasteiger partial charge in [-0.2, -0.15) is 0 Å². The highest BCUT2D eigenvalue weighted by molar-refractivity contribution is 6.00. The molecular weight excluding hydrogens is 352 g/mol. The predicted octanol–water partition coefficient (Wildman–Crippen LogP) is -0.198. The number of aryl methyl sites for hydroxylation is 1. The number of piperidine rings is 1. The smallest absolute Gasteiger partial charge is 0.329 e. The average Bonchev–Trinajstić information content (AvgIpc) is 2.82. The number of nitrogens with one attached hydrogen (secondary N) is 1. The van der Waals surface area contributed by atoms with Crippen molar-refractivity contribution >= 4 is 28.8 Å². The van der Waals surface area contributed by atoms with Crippen LogP contribution in [-0.4, -0.2) is 56.6 Å². The Morgan fingerprint density at radius 3 is 2.63 bits per heavy atom. The zero-order chi connectivity index (χ0) is 19.3. The van der Waals surface area contributed by atoms with Crippen LogP contribution in [0.5, 0.6) is 0 Å². The molecule has 9 heteroatoms. The van der Waals surface area contributed by atoms with Gasteiger partial charge >= 0.3 is 11.7 Å². The number of carbonyl (C=O) groups is 3. The fourth-order valence-corrected chi connectivity index (χ4v) is 3.97. The van der Waals surface area contributed by atoms with Crippen LogP contribution in [0.2, 0.25) is 0 Å². The summed E-state index contributed by atoms with van der Waals surface area (Å²) in [4.78, 5) is 49.0. The first-order valence-electron chi connectivity index (χ1n) is 8.84. The summed E-state index contributed by atoms with van der Waals surface area (Å²) < 4.78 is 2.97. The van der Waals surface area contributed by atoms with Crippen LogP contribution in [0.15, 0.2) is 23.0 Å². The minimum absolute atomic E-state index is 0.0309. The van der Waals surface area contributed by atoms with Gasteiger partial charge in [-0.05, 0) is 24.1 Å². The van der Waals surface area contributed by atoms with Crippen LogP contribution in [0.25, 0.3) is 11.0 Å². The Morgan fingerprint density at radius 2 is 1.96 bits per heavy atom. The van der Waals surface area contributed by atoms with E-state index in [0.29, 0.717) is 25.0 Å². The number of benzene rings is 1. The van der Waals surface area contributed by atoms with E-state index < -0.39 is 17.9 Å². The molecule has 2 N–H and O–H groups in total. The lowest BCUT2D eigenvalue weighted by Gasteiger charge is -2.38. The van der Waals surface area contributed by atoms with E-state index in [1.165, 1.54) is 9.13 Å². The van der Waals surface area contributed by atoms with Crippen molar-refractivity contribution in [2.75, 3.05) is 19.6 Å². The lowest BCUT2D eigenvalue weighted by molar-refractivity contribution is -0.139. The largest absolute Gasteiger partial charge is 0.480 e. The van der Waals surface area contributed by atoms with Crippen LogP contribution in [0.1, 0.15) is 30.4 Å². The molecule has 27 heavy (non-hydrogen) atoms. The third kappa shape index (κ3) is 2.93. The molecule has 0 aliphatic carbocycles. The molecule has 0 radical (unpaired) electrons. The van der Waals surface area contributed by atoms with E-state index in [9.17, 15) is 19.2 Å². The predicted molar refractivity (Wildman–Crippen MR) is 95.4 cm³/mol. The summed E-state index contributed by atoms with van der Waals surface area (Å²) in [6.45, 7) is 1.36. The highest BCUT2D eigenvalue weighted by Crippen LogP contribution is 2.30. The normalized spacial score (nSPS) is 21.3. The maximum absolute atomic E-state index is 12.7. The summed E-state index contributed by atoms with van der Waals surface area (Å²) in [7, 11) is 1.66. The first-order valence-corrected chi connectivity index (χ1v) is 8.84. The van der Waals surface area contributed by atoms with E-state index in [2.05, 4.69) is 5.32 Å². The van der Waals surface area contributed by atoms with E-state index in [0.717, 1.165) is 11.1 Å². The number of aromatic nitrogens is 2. The Hall–Kier alpha value is -2.94. The van der Waals surface area contributed by atoms with Gasteiger partial charge in [-0.25, -0.2) is 4.79 Å². The van der Waals surface area contributed by atoms with Crippen molar-refractivity contribution in [3.05, 3.63) is 34.2 Å². The SMILES string of the molecule is Cn1c(=O)n(C2CCC(=O)NC2=O)c2ccc(C3CN(CC(=O)O)C3)cc21. The van der Waals surface area contributed by atoms with Crippen molar-refractivity contribution in [1.29, 1.82) is 0 Å². The summed E-state index contributed by atoms with van der Waals surface area (Å²) in [6, 6.07) is 4.99. The number of carboxylic acid groups (broad SMARTS) is 1. The number of likely N-dealkylation sites (tertiary alicyclic amines) is 1. The van der Waals surface area contributed by atoms with Crippen molar-refractivity contribution in [3.8, 4) is 0 Å². The number of fused-ring (bicyclic) bond motifs is 1. The second-order valence-electron chi connectivity index (χ2n) is 7.21. The van der Waals surface area contributed by atoms with Gasteiger partial charge in [-0.3, -0.25) is 33.7 Å². The summed E-state index contributed by atoms with van der Waals surface area (Å²) in [6.07, 6.45) is 0.511.